The number of hydrogen-bond donors (Lipinski definition) is 0. The first-order valence-corrected chi connectivity index (χ1v) is 7.48. The molecule has 0 spiro atoms. The first-order chi connectivity index (χ1) is 10.5. The van der Waals surface area contributed by atoms with Gasteiger partial charge < -0.3 is 0 Å². The lowest BCUT2D eigenvalue weighted by molar-refractivity contribution is -0.0829. The molecule has 0 aromatic heterocycles. The molecule has 0 saturated carbocycles. The van der Waals surface area contributed by atoms with Gasteiger partial charge in [0.25, 0.3) is 0 Å². The van der Waals surface area contributed by atoms with Gasteiger partial charge in [-0.3, -0.25) is 4.99 Å². The smallest absolute Gasteiger partial charge is 0.252 e. The highest BCUT2D eigenvalue weighted by atomic mass is 32.2. The van der Waals surface area contributed by atoms with Crippen molar-refractivity contribution in [1.29, 1.82) is 0 Å². The molecule has 3 rings (SSSR count). The molecule has 0 N–H and O–H groups in total. The number of nitrogens with zero attached hydrogens (tertiary/aromatic N) is 1. The Morgan fingerprint density at radius 1 is 0.909 bits per heavy atom. The van der Waals surface area contributed by atoms with Crippen molar-refractivity contribution in [3.05, 3.63) is 65.1 Å². The van der Waals surface area contributed by atoms with Crippen LogP contribution in [0.5, 0.6) is 0 Å². The first kappa shape index (κ1) is 14.9. The van der Waals surface area contributed by atoms with E-state index in [-0.39, 0.29) is 5.57 Å². The zero-order valence-corrected chi connectivity index (χ0v) is 12.5. The number of aliphatic imine (C=N–C) groups is 1. The fourth-order valence-electron chi connectivity index (χ4n) is 2.34. The Balaban J connectivity index is 2.27. The van der Waals surface area contributed by atoms with Crippen LogP contribution in [0.4, 0.5) is 18.9 Å². The van der Waals surface area contributed by atoms with Gasteiger partial charge in [0, 0.05) is 16.2 Å². The summed E-state index contributed by atoms with van der Waals surface area (Å²) < 4.78 is 40.8. The molecular weight excluding hydrogens is 307 g/mol. The Bertz CT molecular complexity index is 761. The standard InChI is InChI=1S/C17H12F3NS/c1-11-15(12-7-3-2-4-8-12)16(17(18,19)20)22-14-10-6-5-9-13(14)21-11/h2-10H,1H3. The van der Waals surface area contributed by atoms with Crippen LogP contribution in [-0.4, -0.2) is 11.9 Å². The van der Waals surface area contributed by atoms with Crippen LogP contribution in [0.15, 0.2) is 69.4 Å². The molecular formula is C17H12F3NS. The minimum atomic E-state index is -4.43. The van der Waals surface area contributed by atoms with Crippen LogP contribution >= 0.6 is 11.8 Å². The van der Waals surface area contributed by atoms with E-state index in [1.165, 1.54) is 0 Å². The van der Waals surface area contributed by atoms with Crippen LogP contribution in [0.2, 0.25) is 0 Å². The van der Waals surface area contributed by atoms with Crippen LogP contribution < -0.4 is 0 Å². The van der Waals surface area contributed by atoms with Gasteiger partial charge in [-0.15, -0.1) is 0 Å². The van der Waals surface area contributed by atoms with E-state index in [4.69, 9.17) is 0 Å². The summed E-state index contributed by atoms with van der Waals surface area (Å²) in [7, 11) is 0. The van der Waals surface area contributed by atoms with Crippen molar-refractivity contribution in [2.24, 2.45) is 4.99 Å². The summed E-state index contributed by atoms with van der Waals surface area (Å²) in [6.07, 6.45) is -4.43. The third kappa shape index (κ3) is 2.81. The Morgan fingerprint density at radius 2 is 1.55 bits per heavy atom. The molecule has 1 aliphatic rings. The van der Waals surface area contributed by atoms with Crippen LogP contribution in [0.1, 0.15) is 12.5 Å². The average Bonchev–Trinajstić information content (AvgIpc) is 2.63. The molecule has 1 aliphatic heterocycles. The zero-order valence-electron chi connectivity index (χ0n) is 11.7. The van der Waals surface area contributed by atoms with Gasteiger partial charge in [0.05, 0.1) is 5.69 Å². The molecule has 0 unspecified atom stereocenters. The third-order valence-electron chi connectivity index (χ3n) is 3.27. The summed E-state index contributed by atoms with van der Waals surface area (Å²) in [5, 5.41) is 0. The van der Waals surface area contributed by atoms with Crippen LogP contribution in [0.25, 0.3) is 5.57 Å². The fourth-order valence-corrected chi connectivity index (χ4v) is 3.41. The number of halogens is 3. The average molecular weight is 319 g/mol. The maximum absolute atomic E-state index is 13.6. The van der Waals surface area contributed by atoms with E-state index in [2.05, 4.69) is 4.99 Å². The second-order valence-electron chi connectivity index (χ2n) is 4.83. The Morgan fingerprint density at radius 3 is 2.23 bits per heavy atom. The number of alkyl halides is 3. The molecule has 0 saturated heterocycles. The fraction of sp³-hybridized carbons (Fsp3) is 0.118. The Kier molecular flexibility index (Phi) is 3.83. The summed E-state index contributed by atoms with van der Waals surface area (Å²) >= 11 is 0.732. The highest BCUT2D eigenvalue weighted by Gasteiger charge is 2.39. The van der Waals surface area contributed by atoms with Gasteiger partial charge in [-0.2, -0.15) is 13.2 Å². The van der Waals surface area contributed by atoms with Crippen LogP contribution in [0.3, 0.4) is 0 Å². The van der Waals surface area contributed by atoms with Crippen LogP contribution in [0, 0.1) is 0 Å². The van der Waals surface area contributed by atoms with Crippen molar-refractivity contribution in [3.8, 4) is 0 Å². The van der Waals surface area contributed by atoms with Gasteiger partial charge in [0.15, 0.2) is 0 Å². The molecule has 22 heavy (non-hydrogen) atoms. The first-order valence-electron chi connectivity index (χ1n) is 6.66. The van der Waals surface area contributed by atoms with Crippen molar-refractivity contribution >= 4 is 28.7 Å². The number of allylic oxidation sites excluding steroid dienone is 2. The van der Waals surface area contributed by atoms with Crippen LogP contribution in [-0.2, 0) is 0 Å². The van der Waals surface area contributed by atoms with Gasteiger partial charge in [-0.1, -0.05) is 54.2 Å². The van der Waals surface area contributed by atoms with E-state index >= 15 is 0 Å². The maximum atomic E-state index is 13.6. The topological polar surface area (TPSA) is 12.4 Å². The molecule has 0 amide bonds. The third-order valence-corrected chi connectivity index (χ3v) is 4.48. The predicted molar refractivity (Wildman–Crippen MR) is 84.5 cm³/mol. The molecule has 2 aromatic carbocycles. The zero-order chi connectivity index (χ0) is 15.7. The quantitative estimate of drug-likeness (QED) is 0.641. The van der Waals surface area contributed by atoms with Gasteiger partial charge >= 0.3 is 6.18 Å². The van der Waals surface area contributed by atoms with E-state index in [1.807, 2.05) is 0 Å². The minimum absolute atomic E-state index is 0.148. The number of rotatable bonds is 1. The van der Waals surface area contributed by atoms with Gasteiger partial charge in [-0.25, -0.2) is 0 Å². The van der Waals surface area contributed by atoms with Gasteiger partial charge in [0.1, 0.15) is 4.91 Å². The summed E-state index contributed by atoms with van der Waals surface area (Å²) in [4.78, 5) is 4.29. The maximum Gasteiger partial charge on any atom is 0.423 e. The number of benzene rings is 2. The molecule has 1 heterocycles. The largest absolute Gasteiger partial charge is 0.423 e. The van der Waals surface area contributed by atoms with E-state index in [0.717, 1.165) is 11.8 Å². The molecule has 0 aliphatic carbocycles. The van der Waals surface area contributed by atoms with Crippen molar-refractivity contribution in [2.45, 2.75) is 18.0 Å². The second kappa shape index (κ2) is 5.65. The highest BCUT2D eigenvalue weighted by molar-refractivity contribution is 8.03. The van der Waals surface area contributed by atoms with Crippen molar-refractivity contribution in [3.63, 3.8) is 0 Å². The van der Waals surface area contributed by atoms with E-state index in [9.17, 15) is 13.2 Å². The highest BCUT2D eigenvalue weighted by Crippen LogP contribution is 2.48. The molecule has 112 valence electrons. The molecule has 0 bridgehead atoms. The number of para-hydroxylation sites is 1. The van der Waals surface area contributed by atoms with Gasteiger partial charge in [-0.05, 0) is 24.6 Å². The van der Waals surface area contributed by atoms with E-state index in [0.29, 0.717) is 21.9 Å². The summed E-state index contributed by atoms with van der Waals surface area (Å²) in [6, 6.07) is 15.5. The van der Waals surface area contributed by atoms with Gasteiger partial charge in [0.2, 0.25) is 0 Å². The number of thioether (sulfide) groups is 1. The molecule has 0 radical (unpaired) electrons. The lowest BCUT2D eigenvalue weighted by Crippen LogP contribution is -2.14. The Hall–Kier alpha value is -2.01. The monoisotopic (exact) mass is 319 g/mol. The Labute approximate surface area is 130 Å². The predicted octanol–water partition coefficient (Wildman–Crippen LogP) is 5.86. The minimum Gasteiger partial charge on any atom is -0.252 e. The lowest BCUT2D eigenvalue weighted by atomic mass is 10.0. The summed E-state index contributed by atoms with van der Waals surface area (Å²) in [5.41, 5.74) is 1.61. The number of hydrogen-bond acceptors (Lipinski definition) is 2. The normalized spacial score (nSPS) is 15.2. The molecule has 1 nitrogen and oxygen atoms in total. The van der Waals surface area contributed by atoms with E-state index in [1.54, 1.807) is 61.5 Å². The number of fused-ring (bicyclic) bond motifs is 1. The summed E-state index contributed by atoms with van der Waals surface area (Å²) in [5.74, 6) is 0. The summed E-state index contributed by atoms with van der Waals surface area (Å²) in [6.45, 7) is 1.62. The SMILES string of the molecule is CC1=Nc2ccccc2SC(C(F)(F)F)=C1c1ccccc1. The van der Waals surface area contributed by atoms with E-state index < -0.39 is 11.1 Å². The molecule has 0 fully saturated rings. The molecule has 0 atom stereocenters. The lowest BCUT2D eigenvalue weighted by Gasteiger charge is -2.16. The second-order valence-corrected chi connectivity index (χ2v) is 5.89. The van der Waals surface area contributed by atoms with Crippen molar-refractivity contribution in [1.82, 2.24) is 0 Å². The molecule has 5 heteroatoms. The van der Waals surface area contributed by atoms with Crippen molar-refractivity contribution in [2.75, 3.05) is 0 Å². The molecule has 2 aromatic rings. The van der Waals surface area contributed by atoms with Crippen molar-refractivity contribution < 1.29 is 13.2 Å².